The highest BCUT2D eigenvalue weighted by atomic mass is 32.1. The lowest BCUT2D eigenvalue weighted by molar-refractivity contribution is -0.135. The van der Waals surface area contributed by atoms with E-state index in [0.29, 0.717) is 5.01 Å². The Hall–Kier alpha value is -2.28. The Morgan fingerprint density at radius 2 is 1.88 bits per heavy atom. The van der Waals surface area contributed by atoms with E-state index in [1.807, 2.05) is 0 Å². The second kappa shape index (κ2) is 7.53. The average molecular weight is 348 g/mol. The van der Waals surface area contributed by atoms with Gasteiger partial charge in [0.2, 0.25) is 0 Å². The normalized spacial score (nSPS) is 14.5. The predicted octanol–water partition coefficient (Wildman–Crippen LogP) is 3.12. The van der Waals surface area contributed by atoms with Crippen LogP contribution in [0.1, 0.15) is 29.8 Å². The molecule has 1 aromatic heterocycles. The molecule has 0 N–H and O–H groups in total. The topological polar surface area (TPSA) is 59.5 Å². The fraction of sp³-hybridized carbons (Fsp3) is 0.353. The summed E-state index contributed by atoms with van der Waals surface area (Å²) in [5.74, 6) is -1.12. The maximum atomic E-state index is 12.9. The van der Waals surface area contributed by atoms with Gasteiger partial charge in [-0.25, -0.2) is 14.2 Å². The predicted molar refractivity (Wildman–Crippen MR) is 88.2 cm³/mol. The summed E-state index contributed by atoms with van der Waals surface area (Å²) < 4.78 is 18.0. The molecule has 126 valence electrons. The van der Waals surface area contributed by atoms with Crippen LogP contribution in [0, 0.1) is 5.82 Å². The summed E-state index contributed by atoms with van der Waals surface area (Å²) in [4.78, 5) is 29.9. The van der Waals surface area contributed by atoms with E-state index in [9.17, 15) is 14.0 Å². The molecule has 0 bridgehead atoms. The minimum absolute atomic E-state index is 0.158. The number of hydrogen-bond donors (Lipinski definition) is 0. The van der Waals surface area contributed by atoms with Crippen LogP contribution in [0.25, 0.3) is 10.6 Å². The van der Waals surface area contributed by atoms with Crippen molar-refractivity contribution in [1.29, 1.82) is 0 Å². The fourth-order valence-corrected chi connectivity index (χ4v) is 3.32. The number of halogens is 1. The SMILES string of the molecule is O=C(OCC(=O)N1CCCCC1)c1csc(-c2ccc(F)cc2)n1. The van der Waals surface area contributed by atoms with Crippen LogP contribution in [0.3, 0.4) is 0 Å². The van der Waals surface area contributed by atoms with Crippen LogP contribution in [0.5, 0.6) is 0 Å². The minimum Gasteiger partial charge on any atom is -0.451 e. The molecule has 2 heterocycles. The average Bonchev–Trinajstić information content (AvgIpc) is 3.11. The third-order valence-electron chi connectivity index (χ3n) is 3.84. The molecule has 3 rings (SSSR count). The number of benzene rings is 1. The lowest BCUT2D eigenvalue weighted by atomic mass is 10.1. The molecule has 1 aliphatic rings. The molecule has 2 aromatic rings. The number of hydrogen-bond acceptors (Lipinski definition) is 5. The molecule has 1 amide bonds. The number of carbonyl (C=O) groups excluding carboxylic acids is 2. The third kappa shape index (κ3) is 3.97. The van der Waals surface area contributed by atoms with E-state index in [0.717, 1.165) is 37.9 Å². The lowest BCUT2D eigenvalue weighted by Crippen LogP contribution is -2.38. The molecule has 1 fully saturated rings. The lowest BCUT2D eigenvalue weighted by Gasteiger charge is -2.26. The zero-order valence-electron chi connectivity index (χ0n) is 13.0. The summed E-state index contributed by atoms with van der Waals surface area (Å²) in [6, 6.07) is 5.88. The van der Waals surface area contributed by atoms with Crippen LogP contribution in [0.4, 0.5) is 4.39 Å². The molecule has 0 unspecified atom stereocenters. The van der Waals surface area contributed by atoms with Gasteiger partial charge in [-0.1, -0.05) is 0 Å². The number of piperidine rings is 1. The highest BCUT2D eigenvalue weighted by Gasteiger charge is 2.19. The number of aromatic nitrogens is 1. The van der Waals surface area contributed by atoms with Crippen molar-refractivity contribution in [3.8, 4) is 10.6 Å². The molecule has 0 radical (unpaired) electrons. The number of esters is 1. The summed E-state index contributed by atoms with van der Waals surface area (Å²) >= 11 is 1.27. The first-order chi connectivity index (χ1) is 11.6. The molecule has 24 heavy (non-hydrogen) atoms. The molecule has 1 aromatic carbocycles. The first kappa shape index (κ1) is 16.6. The van der Waals surface area contributed by atoms with Crippen LogP contribution in [0.15, 0.2) is 29.6 Å². The number of amides is 1. The van der Waals surface area contributed by atoms with E-state index in [1.165, 1.54) is 23.5 Å². The molecular formula is C17H17FN2O3S. The van der Waals surface area contributed by atoms with E-state index in [-0.39, 0.29) is 24.0 Å². The minimum atomic E-state index is -0.620. The summed E-state index contributed by atoms with van der Waals surface area (Å²) in [5.41, 5.74) is 0.885. The van der Waals surface area contributed by atoms with Crippen molar-refractivity contribution in [2.45, 2.75) is 19.3 Å². The van der Waals surface area contributed by atoms with Gasteiger partial charge < -0.3 is 9.64 Å². The number of thiazole rings is 1. The van der Waals surface area contributed by atoms with Crippen LogP contribution in [0.2, 0.25) is 0 Å². The van der Waals surface area contributed by atoms with E-state index < -0.39 is 5.97 Å². The highest BCUT2D eigenvalue weighted by molar-refractivity contribution is 7.13. The van der Waals surface area contributed by atoms with Crippen LogP contribution in [-0.4, -0.2) is 41.5 Å². The van der Waals surface area contributed by atoms with Crippen LogP contribution < -0.4 is 0 Å². The van der Waals surface area contributed by atoms with Gasteiger partial charge >= 0.3 is 5.97 Å². The zero-order chi connectivity index (χ0) is 16.9. The smallest absolute Gasteiger partial charge is 0.358 e. The Morgan fingerprint density at radius 3 is 2.58 bits per heavy atom. The van der Waals surface area contributed by atoms with Gasteiger partial charge in [-0.15, -0.1) is 11.3 Å². The van der Waals surface area contributed by atoms with Gasteiger partial charge in [0, 0.05) is 24.0 Å². The second-order valence-corrected chi connectivity index (χ2v) is 6.42. The number of carbonyl (C=O) groups is 2. The van der Waals surface area contributed by atoms with Gasteiger partial charge in [0.05, 0.1) is 0 Å². The molecular weight excluding hydrogens is 331 g/mol. The van der Waals surface area contributed by atoms with Crippen molar-refractivity contribution in [3.63, 3.8) is 0 Å². The van der Waals surface area contributed by atoms with E-state index in [1.54, 1.807) is 22.4 Å². The zero-order valence-corrected chi connectivity index (χ0v) is 13.9. The van der Waals surface area contributed by atoms with Gasteiger partial charge in [0.1, 0.15) is 10.8 Å². The summed E-state index contributed by atoms with van der Waals surface area (Å²) in [5, 5.41) is 2.18. The van der Waals surface area contributed by atoms with Gasteiger partial charge in [-0.05, 0) is 43.5 Å². The monoisotopic (exact) mass is 348 g/mol. The van der Waals surface area contributed by atoms with Gasteiger partial charge in [-0.3, -0.25) is 4.79 Å². The van der Waals surface area contributed by atoms with Crippen molar-refractivity contribution in [2.75, 3.05) is 19.7 Å². The molecule has 0 aliphatic carbocycles. The van der Waals surface area contributed by atoms with Crippen LogP contribution >= 0.6 is 11.3 Å². The largest absolute Gasteiger partial charge is 0.451 e. The summed E-state index contributed by atoms with van der Waals surface area (Å²) in [6.07, 6.45) is 3.12. The summed E-state index contributed by atoms with van der Waals surface area (Å²) in [7, 11) is 0. The Labute approximate surface area is 143 Å². The number of rotatable bonds is 4. The Morgan fingerprint density at radius 1 is 1.17 bits per heavy atom. The highest BCUT2D eigenvalue weighted by Crippen LogP contribution is 2.24. The second-order valence-electron chi connectivity index (χ2n) is 5.56. The third-order valence-corrected chi connectivity index (χ3v) is 4.73. The maximum Gasteiger partial charge on any atom is 0.358 e. The molecule has 1 aliphatic heterocycles. The van der Waals surface area contributed by atoms with Gasteiger partial charge in [0.15, 0.2) is 12.3 Å². The van der Waals surface area contributed by atoms with Crippen LogP contribution in [-0.2, 0) is 9.53 Å². The molecule has 0 saturated carbocycles. The van der Waals surface area contributed by atoms with E-state index >= 15 is 0 Å². The Balaban J connectivity index is 1.57. The molecule has 0 atom stereocenters. The van der Waals surface area contributed by atoms with Gasteiger partial charge in [0.25, 0.3) is 5.91 Å². The van der Waals surface area contributed by atoms with Gasteiger partial charge in [-0.2, -0.15) is 0 Å². The first-order valence-corrected chi connectivity index (χ1v) is 8.68. The van der Waals surface area contributed by atoms with Crippen molar-refractivity contribution in [1.82, 2.24) is 9.88 Å². The first-order valence-electron chi connectivity index (χ1n) is 7.80. The van der Waals surface area contributed by atoms with Crippen molar-refractivity contribution in [2.24, 2.45) is 0 Å². The number of likely N-dealkylation sites (tertiary alicyclic amines) is 1. The number of nitrogens with zero attached hydrogens (tertiary/aromatic N) is 2. The molecule has 5 nitrogen and oxygen atoms in total. The maximum absolute atomic E-state index is 12.9. The van der Waals surface area contributed by atoms with E-state index in [4.69, 9.17) is 4.74 Å². The van der Waals surface area contributed by atoms with Crippen molar-refractivity contribution in [3.05, 3.63) is 41.2 Å². The fourth-order valence-electron chi connectivity index (χ4n) is 2.53. The molecule has 1 saturated heterocycles. The van der Waals surface area contributed by atoms with Crippen molar-refractivity contribution < 1.29 is 18.7 Å². The Kier molecular flexibility index (Phi) is 5.20. The number of ether oxygens (including phenoxy) is 1. The van der Waals surface area contributed by atoms with Crippen molar-refractivity contribution >= 4 is 23.2 Å². The summed E-state index contributed by atoms with van der Waals surface area (Å²) in [6.45, 7) is 1.19. The standard InChI is InChI=1S/C17H17FN2O3S/c18-13-6-4-12(5-7-13)16-19-14(11-24-16)17(22)23-10-15(21)20-8-2-1-3-9-20/h4-7,11H,1-3,8-10H2. The molecule has 7 heteroatoms. The Bertz CT molecular complexity index is 724. The van der Waals surface area contributed by atoms with E-state index in [2.05, 4.69) is 4.98 Å². The quantitative estimate of drug-likeness (QED) is 0.797. The molecule has 0 spiro atoms.